The molecule has 156 valence electrons. The predicted octanol–water partition coefficient (Wildman–Crippen LogP) is 2.24. The van der Waals surface area contributed by atoms with Gasteiger partial charge in [0.05, 0.1) is 17.1 Å². The third-order valence-electron chi connectivity index (χ3n) is 4.83. The highest BCUT2D eigenvalue weighted by molar-refractivity contribution is 7.89. The highest BCUT2D eigenvalue weighted by Crippen LogP contribution is 2.24. The molecule has 0 radical (unpaired) electrons. The number of benzene rings is 1. The zero-order valence-electron chi connectivity index (χ0n) is 16.2. The number of carbonyl (C=O) groups excluding carboxylic acids is 1. The monoisotopic (exact) mass is 427 g/mol. The molecular formula is C20H21N5O4S. The van der Waals surface area contributed by atoms with Crippen LogP contribution in [0.5, 0.6) is 0 Å². The summed E-state index contributed by atoms with van der Waals surface area (Å²) in [6.07, 6.45) is 4.45. The molecule has 9 nitrogen and oxygen atoms in total. The summed E-state index contributed by atoms with van der Waals surface area (Å²) in [5.74, 6) is -0.547. The quantitative estimate of drug-likeness (QED) is 0.641. The second kappa shape index (κ2) is 8.72. The Hall–Kier alpha value is -3.11. The molecule has 30 heavy (non-hydrogen) atoms. The number of aromatic nitrogens is 3. The van der Waals surface area contributed by atoms with Crippen molar-refractivity contribution in [2.75, 3.05) is 13.1 Å². The van der Waals surface area contributed by atoms with E-state index in [0.717, 1.165) is 19.3 Å². The molecule has 1 aliphatic rings. The van der Waals surface area contributed by atoms with E-state index < -0.39 is 15.9 Å². The smallest absolute Gasteiger partial charge is 0.309 e. The van der Waals surface area contributed by atoms with Crippen molar-refractivity contribution in [1.82, 2.24) is 24.8 Å². The number of piperidine rings is 1. The van der Waals surface area contributed by atoms with E-state index in [-0.39, 0.29) is 23.2 Å². The number of nitrogens with one attached hydrogen (secondary N) is 1. The van der Waals surface area contributed by atoms with Crippen LogP contribution in [0.4, 0.5) is 0 Å². The standard InChI is InChI=1S/C20H21N5O4S/c26-18(22-14-16-6-2-3-11-21-16)20-24-23-19(29-20)15-7-9-17(10-8-15)30(27,28)25-12-4-1-5-13-25/h2-3,6-11H,1,4-5,12-14H2,(H,22,26). The molecule has 0 spiro atoms. The number of amides is 1. The minimum absolute atomic E-state index is 0.139. The molecule has 1 amide bonds. The number of rotatable bonds is 6. The van der Waals surface area contributed by atoms with Gasteiger partial charge < -0.3 is 9.73 Å². The third-order valence-corrected chi connectivity index (χ3v) is 6.74. The molecule has 1 saturated heterocycles. The molecular weight excluding hydrogens is 406 g/mol. The van der Waals surface area contributed by atoms with Gasteiger partial charge in [0.1, 0.15) is 0 Å². The lowest BCUT2D eigenvalue weighted by molar-refractivity contribution is 0.0916. The maximum Gasteiger partial charge on any atom is 0.309 e. The van der Waals surface area contributed by atoms with Crippen molar-refractivity contribution >= 4 is 15.9 Å². The molecule has 2 aromatic heterocycles. The zero-order valence-corrected chi connectivity index (χ0v) is 17.0. The molecule has 1 aromatic carbocycles. The van der Waals surface area contributed by atoms with Crippen LogP contribution in [0.15, 0.2) is 58.0 Å². The third kappa shape index (κ3) is 4.39. The lowest BCUT2D eigenvalue weighted by atomic mass is 10.2. The molecule has 0 atom stereocenters. The Morgan fingerprint density at radius 2 is 1.80 bits per heavy atom. The fourth-order valence-corrected chi connectivity index (χ4v) is 4.72. The molecule has 3 aromatic rings. The Morgan fingerprint density at radius 1 is 1.03 bits per heavy atom. The largest absolute Gasteiger partial charge is 0.412 e. The van der Waals surface area contributed by atoms with Gasteiger partial charge in [0, 0.05) is 24.8 Å². The second-order valence-electron chi connectivity index (χ2n) is 6.91. The van der Waals surface area contributed by atoms with E-state index in [1.165, 1.54) is 16.4 Å². The molecule has 0 unspecified atom stereocenters. The van der Waals surface area contributed by atoms with Gasteiger partial charge >= 0.3 is 11.8 Å². The number of sulfonamides is 1. The number of hydrogen-bond donors (Lipinski definition) is 1. The van der Waals surface area contributed by atoms with Crippen LogP contribution in [-0.2, 0) is 16.6 Å². The van der Waals surface area contributed by atoms with E-state index >= 15 is 0 Å². The summed E-state index contributed by atoms with van der Waals surface area (Å²) in [5.41, 5.74) is 1.24. The zero-order chi connectivity index (χ0) is 21.0. The van der Waals surface area contributed by atoms with Crippen molar-refractivity contribution < 1.29 is 17.6 Å². The van der Waals surface area contributed by atoms with E-state index in [2.05, 4.69) is 20.5 Å². The van der Waals surface area contributed by atoms with Gasteiger partial charge in [-0.05, 0) is 49.2 Å². The van der Waals surface area contributed by atoms with Gasteiger partial charge in [-0.15, -0.1) is 10.2 Å². The number of carbonyl (C=O) groups is 1. The van der Waals surface area contributed by atoms with Crippen molar-refractivity contribution in [2.45, 2.75) is 30.7 Å². The molecule has 0 aliphatic carbocycles. The molecule has 0 saturated carbocycles. The van der Waals surface area contributed by atoms with Gasteiger partial charge in [0.2, 0.25) is 15.9 Å². The fourth-order valence-electron chi connectivity index (χ4n) is 3.20. The minimum Gasteiger partial charge on any atom is -0.412 e. The van der Waals surface area contributed by atoms with Crippen LogP contribution in [0.25, 0.3) is 11.5 Å². The van der Waals surface area contributed by atoms with E-state index in [4.69, 9.17) is 4.42 Å². The van der Waals surface area contributed by atoms with E-state index in [0.29, 0.717) is 24.3 Å². The highest BCUT2D eigenvalue weighted by Gasteiger charge is 2.26. The summed E-state index contributed by atoms with van der Waals surface area (Å²) in [6.45, 7) is 1.33. The van der Waals surface area contributed by atoms with Crippen LogP contribution in [0.1, 0.15) is 35.6 Å². The first-order valence-corrected chi connectivity index (χ1v) is 11.1. The normalized spacial score (nSPS) is 15.1. The maximum atomic E-state index is 12.7. The molecule has 1 aliphatic heterocycles. The first kappa shape index (κ1) is 20.2. The van der Waals surface area contributed by atoms with E-state index in [1.54, 1.807) is 30.5 Å². The maximum absolute atomic E-state index is 12.7. The topological polar surface area (TPSA) is 118 Å². The number of nitrogens with zero attached hydrogens (tertiary/aromatic N) is 4. The van der Waals surface area contributed by atoms with Crippen molar-refractivity contribution in [3.05, 3.63) is 60.2 Å². The lowest BCUT2D eigenvalue weighted by Crippen LogP contribution is -2.35. The molecule has 10 heteroatoms. The summed E-state index contributed by atoms with van der Waals surface area (Å²) in [4.78, 5) is 16.6. The molecule has 3 heterocycles. The summed E-state index contributed by atoms with van der Waals surface area (Å²) < 4.78 is 32.4. The SMILES string of the molecule is O=C(NCc1ccccn1)c1nnc(-c2ccc(S(=O)(=O)N3CCCCC3)cc2)o1. The van der Waals surface area contributed by atoms with E-state index in [9.17, 15) is 13.2 Å². The number of hydrogen-bond acceptors (Lipinski definition) is 7. The van der Waals surface area contributed by atoms with Gasteiger partial charge in [0.15, 0.2) is 0 Å². The first-order valence-electron chi connectivity index (χ1n) is 9.66. The van der Waals surface area contributed by atoms with Crippen molar-refractivity contribution in [3.8, 4) is 11.5 Å². The lowest BCUT2D eigenvalue weighted by Gasteiger charge is -2.25. The summed E-state index contributed by atoms with van der Waals surface area (Å²) in [7, 11) is -3.51. The Bertz CT molecular complexity index is 1110. The van der Waals surface area contributed by atoms with Crippen molar-refractivity contribution in [1.29, 1.82) is 0 Å². The molecule has 1 fully saturated rings. The van der Waals surface area contributed by atoms with Gasteiger partial charge in [0.25, 0.3) is 0 Å². The first-order chi connectivity index (χ1) is 14.5. The highest BCUT2D eigenvalue weighted by atomic mass is 32.2. The predicted molar refractivity (Wildman–Crippen MR) is 108 cm³/mol. The van der Waals surface area contributed by atoms with Crippen molar-refractivity contribution in [2.24, 2.45) is 0 Å². The Kier molecular flexibility index (Phi) is 5.86. The van der Waals surface area contributed by atoms with Gasteiger partial charge in [-0.3, -0.25) is 9.78 Å². The van der Waals surface area contributed by atoms with Gasteiger partial charge in [-0.2, -0.15) is 4.31 Å². The number of pyridine rings is 1. The van der Waals surface area contributed by atoms with Crippen LogP contribution in [-0.4, -0.2) is 46.9 Å². The molecule has 4 rings (SSSR count). The summed E-state index contributed by atoms with van der Waals surface area (Å²) >= 11 is 0. The Labute approximate surface area is 174 Å². The van der Waals surface area contributed by atoms with Gasteiger partial charge in [-0.25, -0.2) is 8.42 Å². The molecule has 0 bridgehead atoms. The van der Waals surface area contributed by atoms with Crippen LogP contribution in [0.3, 0.4) is 0 Å². The van der Waals surface area contributed by atoms with Crippen LogP contribution < -0.4 is 5.32 Å². The summed E-state index contributed by atoms with van der Waals surface area (Å²) in [6, 6.07) is 11.6. The second-order valence-corrected chi connectivity index (χ2v) is 8.84. The van der Waals surface area contributed by atoms with Crippen LogP contribution >= 0.6 is 0 Å². The minimum atomic E-state index is -3.51. The average Bonchev–Trinajstić information content (AvgIpc) is 3.29. The Balaban J connectivity index is 1.43. The van der Waals surface area contributed by atoms with Crippen LogP contribution in [0, 0.1) is 0 Å². The summed E-state index contributed by atoms with van der Waals surface area (Å²) in [5, 5.41) is 10.3. The van der Waals surface area contributed by atoms with Crippen molar-refractivity contribution in [3.63, 3.8) is 0 Å². The van der Waals surface area contributed by atoms with Crippen LogP contribution in [0.2, 0.25) is 0 Å². The Morgan fingerprint density at radius 3 is 2.50 bits per heavy atom. The van der Waals surface area contributed by atoms with Gasteiger partial charge in [-0.1, -0.05) is 12.5 Å². The van der Waals surface area contributed by atoms with E-state index in [1.807, 2.05) is 6.07 Å². The fraction of sp³-hybridized carbons (Fsp3) is 0.300. The molecule has 1 N–H and O–H groups in total. The average molecular weight is 427 g/mol.